The van der Waals surface area contributed by atoms with Gasteiger partial charge in [0.05, 0.1) is 5.69 Å². The van der Waals surface area contributed by atoms with Gasteiger partial charge >= 0.3 is 0 Å². The van der Waals surface area contributed by atoms with Gasteiger partial charge in [0.2, 0.25) is 11.8 Å². The van der Waals surface area contributed by atoms with Gasteiger partial charge in [-0.1, -0.05) is 48.5 Å². The highest BCUT2D eigenvalue weighted by Gasteiger charge is 2.26. The molecule has 0 saturated heterocycles. The monoisotopic (exact) mass is 416 g/mol. The molecule has 1 unspecified atom stereocenters. The third-order valence-electron chi connectivity index (χ3n) is 5.88. The Bertz CT molecular complexity index is 1040. The van der Waals surface area contributed by atoms with Crippen LogP contribution in [0.3, 0.4) is 0 Å². The van der Waals surface area contributed by atoms with Crippen molar-refractivity contribution in [2.45, 2.75) is 32.1 Å². The number of hydrogen-bond donors (Lipinski definition) is 2. The normalized spacial score (nSPS) is 15.3. The van der Waals surface area contributed by atoms with E-state index in [1.165, 1.54) is 0 Å². The van der Waals surface area contributed by atoms with Crippen molar-refractivity contribution in [3.63, 3.8) is 0 Å². The van der Waals surface area contributed by atoms with E-state index >= 15 is 0 Å². The van der Waals surface area contributed by atoms with Gasteiger partial charge in [-0.2, -0.15) is 5.10 Å². The van der Waals surface area contributed by atoms with Crippen molar-refractivity contribution in [3.8, 4) is 11.3 Å². The smallest absolute Gasteiger partial charge is 0.227 e. The predicted molar refractivity (Wildman–Crippen MR) is 121 cm³/mol. The van der Waals surface area contributed by atoms with Crippen LogP contribution in [0, 0.1) is 5.92 Å². The van der Waals surface area contributed by atoms with Crippen molar-refractivity contribution in [1.82, 2.24) is 15.1 Å². The van der Waals surface area contributed by atoms with Gasteiger partial charge < -0.3 is 10.2 Å². The van der Waals surface area contributed by atoms with E-state index in [2.05, 4.69) is 21.6 Å². The first-order chi connectivity index (χ1) is 15.1. The number of nitrogens with zero attached hydrogens (tertiary/aromatic N) is 2. The van der Waals surface area contributed by atoms with Crippen LogP contribution < -0.4 is 5.32 Å². The standard InChI is InChI=1S/C25H28N4O2/c1-29(15-7-11-21-17-23(28-27-21)18-8-3-2-4-9-18)24(30)14-13-20-16-19-10-5-6-12-22(19)26-25(20)31/h2-6,8-10,12,17,20H,7,11,13-16H2,1H3,(H,26,31)(H,27,28). The Morgan fingerprint density at radius 2 is 1.90 bits per heavy atom. The Labute approximate surface area is 182 Å². The summed E-state index contributed by atoms with van der Waals surface area (Å²) in [6, 6.07) is 20.0. The van der Waals surface area contributed by atoms with Gasteiger partial charge in [0.15, 0.2) is 0 Å². The van der Waals surface area contributed by atoms with Crippen LogP contribution in [0.4, 0.5) is 5.69 Å². The van der Waals surface area contributed by atoms with Crippen LogP contribution in [0.2, 0.25) is 0 Å². The van der Waals surface area contributed by atoms with Crippen LogP contribution in [-0.2, 0) is 22.4 Å². The highest BCUT2D eigenvalue weighted by Crippen LogP contribution is 2.27. The lowest BCUT2D eigenvalue weighted by atomic mass is 9.89. The number of aryl methyl sites for hydroxylation is 1. The average molecular weight is 417 g/mol. The zero-order chi connectivity index (χ0) is 21.6. The zero-order valence-electron chi connectivity index (χ0n) is 17.8. The van der Waals surface area contributed by atoms with E-state index in [9.17, 15) is 9.59 Å². The fourth-order valence-corrected chi connectivity index (χ4v) is 4.01. The lowest BCUT2D eigenvalue weighted by Crippen LogP contribution is -2.32. The molecule has 6 nitrogen and oxygen atoms in total. The summed E-state index contributed by atoms with van der Waals surface area (Å²) in [6.45, 7) is 0.679. The van der Waals surface area contributed by atoms with Gasteiger partial charge in [0.1, 0.15) is 0 Å². The number of aromatic nitrogens is 2. The summed E-state index contributed by atoms with van der Waals surface area (Å²) in [7, 11) is 1.83. The molecule has 0 aliphatic carbocycles. The lowest BCUT2D eigenvalue weighted by molar-refractivity contribution is -0.130. The Morgan fingerprint density at radius 1 is 1.13 bits per heavy atom. The van der Waals surface area contributed by atoms with E-state index in [0.29, 0.717) is 25.8 Å². The fourth-order valence-electron chi connectivity index (χ4n) is 4.01. The van der Waals surface area contributed by atoms with Crippen molar-refractivity contribution in [1.29, 1.82) is 0 Å². The van der Waals surface area contributed by atoms with Crippen LogP contribution in [0.15, 0.2) is 60.7 Å². The number of aromatic amines is 1. The van der Waals surface area contributed by atoms with E-state index in [1.54, 1.807) is 4.90 Å². The van der Waals surface area contributed by atoms with E-state index in [-0.39, 0.29) is 17.7 Å². The first kappa shape index (κ1) is 20.8. The summed E-state index contributed by atoms with van der Waals surface area (Å²) in [6.07, 6.45) is 3.35. The summed E-state index contributed by atoms with van der Waals surface area (Å²) in [5.41, 5.74) is 5.13. The third-order valence-corrected chi connectivity index (χ3v) is 5.88. The number of nitrogens with one attached hydrogen (secondary N) is 2. The number of para-hydroxylation sites is 1. The van der Waals surface area contributed by atoms with Crippen LogP contribution in [0.1, 0.15) is 30.5 Å². The molecule has 2 amide bonds. The van der Waals surface area contributed by atoms with Crippen LogP contribution >= 0.6 is 0 Å². The van der Waals surface area contributed by atoms with E-state index < -0.39 is 0 Å². The molecular weight excluding hydrogens is 388 g/mol. The first-order valence-electron chi connectivity index (χ1n) is 10.8. The highest BCUT2D eigenvalue weighted by molar-refractivity contribution is 5.96. The van der Waals surface area contributed by atoms with Crippen molar-refractivity contribution in [3.05, 3.63) is 71.9 Å². The predicted octanol–water partition coefficient (Wildman–Crippen LogP) is 4.06. The molecule has 0 saturated carbocycles. The molecule has 1 atom stereocenters. The molecule has 0 radical (unpaired) electrons. The minimum atomic E-state index is -0.145. The number of hydrogen-bond acceptors (Lipinski definition) is 3. The highest BCUT2D eigenvalue weighted by atomic mass is 16.2. The molecule has 4 rings (SSSR count). The molecule has 1 aliphatic heterocycles. The second-order valence-corrected chi connectivity index (χ2v) is 8.15. The summed E-state index contributed by atoms with van der Waals surface area (Å²) in [5, 5.41) is 10.4. The SMILES string of the molecule is CN(CCCc1cc(-c2ccccc2)n[nH]1)C(=O)CCC1Cc2ccccc2NC1=O. The number of fused-ring (bicyclic) bond motifs is 1. The summed E-state index contributed by atoms with van der Waals surface area (Å²) in [5.74, 6) is -0.0440. The topological polar surface area (TPSA) is 78.1 Å². The summed E-state index contributed by atoms with van der Waals surface area (Å²) < 4.78 is 0. The van der Waals surface area contributed by atoms with Gasteiger partial charge in [-0.25, -0.2) is 0 Å². The molecule has 0 bridgehead atoms. The van der Waals surface area contributed by atoms with Gasteiger partial charge in [-0.05, 0) is 43.4 Å². The van der Waals surface area contributed by atoms with Crippen LogP contribution in [-0.4, -0.2) is 40.5 Å². The van der Waals surface area contributed by atoms with Crippen molar-refractivity contribution in [2.75, 3.05) is 18.9 Å². The number of anilines is 1. The Morgan fingerprint density at radius 3 is 2.74 bits per heavy atom. The number of amides is 2. The van der Waals surface area contributed by atoms with E-state index in [1.807, 2.05) is 61.6 Å². The third kappa shape index (κ3) is 5.20. The molecular formula is C25H28N4O2. The van der Waals surface area contributed by atoms with Gasteiger partial charge in [-0.3, -0.25) is 14.7 Å². The largest absolute Gasteiger partial charge is 0.346 e. The lowest BCUT2D eigenvalue weighted by Gasteiger charge is -2.25. The maximum atomic E-state index is 12.5. The quantitative estimate of drug-likeness (QED) is 0.581. The van der Waals surface area contributed by atoms with Gasteiger partial charge in [-0.15, -0.1) is 0 Å². The average Bonchev–Trinajstić information content (AvgIpc) is 3.27. The number of carbonyl (C=O) groups is 2. The van der Waals surface area contributed by atoms with Gasteiger partial charge in [0, 0.05) is 42.9 Å². The molecule has 0 fully saturated rings. The Balaban J connectivity index is 1.21. The molecule has 2 aromatic carbocycles. The minimum Gasteiger partial charge on any atom is -0.346 e. The summed E-state index contributed by atoms with van der Waals surface area (Å²) >= 11 is 0. The number of rotatable bonds is 8. The molecule has 2 heterocycles. The molecule has 2 N–H and O–H groups in total. The molecule has 1 aliphatic rings. The fraction of sp³-hybridized carbons (Fsp3) is 0.320. The molecule has 6 heteroatoms. The summed E-state index contributed by atoms with van der Waals surface area (Å²) in [4.78, 5) is 26.6. The van der Waals surface area contributed by atoms with Crippen LogP contribution in [0.25, 0.3) is 11.3 Å². The van der Waals surface area contributed by atoms with E-state index in [4.69, 9.17) is 0 Å². The van der Waals surface area contributed by atoms with Crippen molar-refractivity contribution in [2.24, 2.45) is 5.92 Å². The number of H-pyrrole nitrogens is 1. The molecule has 3 aromatic rings. The molecule has 1 aromatic heterocycles. The van der Waals surface area contributed by atoms with Gasteiger partial charge in [0.25, 0.3) is 0 Å². The Kier molecular flexibility index (Phi) is 6.46. The van der Waals surface area contributed by atoms with Crippen LogP contribution in [0.5, 0.6) is 0 Å². The minimum absolute atomic E-state index is 0.0163. The molecule has 160 valence electrons. The number of benzene rings is 2. The molecule has 0 spiro atoms. The van der Waals surface area contributed by atoms with Crippen molar-refractivity contribution < 1.29 is 9.59 Å². The first-order valence-corrected chi connectivity index (χ1v) is 10.8. The number of carbonyl (C=O) groups excluding carboxylic acids is 2. The second kappa shape index (κ2) is 9.60. The van der Waals surface area contributed by atoms with E-state index in [0.717, 1.165) is 41.0 Å². The maximum absolute atomic E-state index is 12.5. The second-order valence-electron chi connectivity index (χ2n) is 8.15. The van der Waals surface area contributed by atoms with Crippen molar-refractivity contribution >= 4 is 17.5 Å². The Hall–Kier alpha value is -3.41. The maximum Gasteiger partial charge on any atom is 0.227 e. The zero-order valence-corrected chi connectivity index (χ0v) is 17.8. The molecule has 31 heavy (non-hydrogen) atoms.